The molecule has 6 nitrogen and oxygen atoms in total. The second kappa shape index (κ2) is 10.7. The van der Waals surface area contributed by atoms with Crippen LogP contribution in [0.15, 0.2) is 60.4 Å². The highest BCUT2D eigenvalue weighted by atomic mass is 16.5. The molecule has 3 heterocycles. The van der Waals surface area contributed by atoms with Crippen LogP contribution in [0.2, 0.25) is 0 Å². The van der Waals surface area contributed by atoms with Crippen molar-refractivity contribution in [2.45, 2.75) is 57.0 Å². The molecular weight excluding hydrogens is 464 g/mol. The number of hydrogen-bond donors (Lipinski definition) is 1. The van der Waals surface area contributed by atoms with Crippen LogP contribution in [0.5, 0.6) is 0 Å². The summed E-state index contributed by atoms with van der Waals surface area (Å²) < 4.78 is 10.4. The number of ketones is 1. The lowest BCUT2D eigenvalue weighted by atomic mass is 9.71. The fourth-order valence-electron chi connectivity index (χ4n) is 6.95. The van der Waals surface area contributed by atoms with Crippen molar-refractivity contribution >= 4 is 17.4 Å². The summed E-state index contributed by atoms with van der Waals surface area (Å²) in [5, 5.41) is 3.72. The number of Topliss-reactive ketones (excluding diaryl/α,β-unsaturated/α-hetero) is 1. The van der Waals surface area contributed by atoms with Crippen LogP contribution < -0.4 is 5.32 Å². The molecule has 1 N–H and O–H groups in total. The Hall–Kier alpha value is -3.12. The number of carbonyl (C=O) groups excluding carboxylic acids is 2. The van der Waals surface area contributed by atoms with E-state index >= 15 is 0 Å². The van der Waals surface area contributed by atoms with Gasteiger partial charge in [-0.1, -0.05) is 55.8 Å². The second-order valence-corrected chi connectivity index (χ2v) is 10.7. The van der Waals surface area contributed by atoms with Crippen LogP contribution in [0.3, 0.4) is 0 Å². The first-order chi connectivity index (χ1) is 18.0. The Bertz CT molecular complexity index is 1180. The molecule has 2 saturated heterocycles. The largest absolute Gasteiger partial charge is 0.504 e. The van der Waals surface area contributed by atoms with E-state index in [0.717, 1.165) is 68.4 Å². The lowest BCUT2D eigenvalue weighted by molar-refractivity contribution is -0.137. The van der Waals surface area contributed by atoms with Crippen molar-refractivity contribution in [3.63, 3.8) is 0 Å². The average molecular weight is 503 g/mol. The van der Waals surface area contributed by atoms with Crippen molar-refractivity contribution < 1.29 is 19.1 Å². The Morgan fingerprint density at radius 3 is 2.68 bits per heavy atom. The molecular formula is C31H38N2O4. The number of nitrogens with zero attached hydrogens (tertiary/aromatic N) is 1. The van der Waals surface area contributed by atoms with Crippen LogP contribution in [-0.4, -0.2) is 55.5 Å². The molecule has 0 amide bonds. The standard InChI is InChI=1S/C31H38N2O4/c1-4-22-19-33-17-16-31(27(33)18-24(22)25(20-36-2)30(35)37-3)29(34)28-23(14-9-15-26(28)32-31)13-8-12-21-10-6-5-7-11-21/h5-7,9-11,14-15,20,22,24,27,32H,4,8,12-13,16-19H2,1-3H3/b25-20+/t22-,24+,27+,31+/m1/s1. The fraction of sp³-hybridized carbons (Fsp3) is 0.484. The van der Waals surface area contributed by atoms with Gasteiger partial charge in [-0.25, -0.2) is 4.79 Å². The summed E-state index contributed by atoms with van der Waals surface area (Å²) in [6.07, 6.45) is 6.86. The quantitative estimate of drug-likeness (QED) is 0.310. The van der Waals surface area contributed by atoms with Crippen LogP contribution in [0.4, 0.5) is 5.69 Å². The molecule has 37 heavy (non-hydrogen) atoms. The van der Waals surface area contributed by atoms with Crippen molar-refractivity contribution in [2.24, 2.45) is 11.8 Å². The first-order valence-corrected chi connectivity index (χ1v) is 13.6. The Labute approximate surface area is 220 Å². The second-order valence-electron chi connectivity index (χ2n) is 10.7. The third-order valence-corrected chi connectivity index (χ3v) is 8.80. The summed E-state index contributed by atoms with van der Waals surface area (Å²) in [7, 11) is 2.98. The van der Waals surface area contributed by atoms with E-state index in [1.807, 2.05) is 12.1 Å². The number of fused-ring (bicyclic) bond motifs is 3. The topological polar surface area (TPSA) is 67.9 Å². The Morgan fingerprint density at radius 1 is 1.14 bits per heavy atom. The van der Waals surface area contributed by atoms with Gasteiger partial charge in [0.25, 0.3) is 0 Å². The van der Waals surface area contributed by atoms with E-state index in [1.54, 1.807) is 13.4 Å². The van der Waals surface area contributed by atoms with Crippen molar-refractivity contribution in [3.05, 3.63) is 77.1 Å². The molecule has 1 spiro atoms. The number of aryl methyl sites for hydroxylation is 2. The van der Waals surface area contributed by atoms with Gasteiger partial charge in [0, 0.05) is 30.4 Å². The van der Waals surface area contributed by atoms with Crippen LogP contribution in [0.1, 0.15) is 54.1 Å². The van der Waals surface area contributed by atoms with Crippen LogP contribution in [0, 0.1) is 11.8 Å². The molecule has 3 aliphatic rings. The summed E-state index contributed by atoms with van der Waals surface area (Å²) in [6, 6.07) is 16.8. The zero-order valence-electron chi connectivity index (χ0n) is 22.2. The first-order valence-electron chi connectivity index (χ1n) is 13.6. The molecule has 196 valence electrons. The number of carbonyl (C=O) groups is 2. The van der Waals surface area contributed by atoms with E-state index < -0.39 is 5.54 Å². The predicted octanol–water partition coefficient (Wildman–Crippen LogP) is 5.03. The summed E-state index contributed by atoms with van der Waals surface area (Å²) in [5.74, 6) is 0.159. The summed E-state index contributed by atoms with van der Waals surface area (Å²) in [5.41, 5.74) is 4.21. The van der Waals surface area contributed by atoms with Gasteiger partial charge in [-0.15, -0.1) is 0 Å². The molecule has 4 atom stereocenters. The number of hydrogen-bond acceptors (Lipinski definition) is 6. The van der Waals surface area contributed by atoms with Crippen LogP contribution in [0.25, 0.3) is 0 Å². The summed E-state index contributed by atoms with van der Waals surface area (Å²) in [4.78, 5) is 29.4. The maximum Gasteiger partial charge on any atom is 0.337 e. The lowest BCUT2D eigenvalue weighted by Crippen LogP contribution is -2.57. The van der Waals surface area contributed by atoms with E-state index in [0.29, 0.717) is 11.5 Å². The maximum absolute atomic E-state index is 14.3. The van der Waals surface area contributed by atoms with Crippen LogP contribution in [-0.2, 0) is 27.1 Å². The summed E-state index contributed by atoms with van der Waals surface area (Å²) >= 11 is 0. The highest BCUT2D eigenvalue weighted by Crippen LogP contribution is 2.49. The highest BCUT2D eigenvalue weighted by Gasteiger charge is 2.59. The molecule has 0 unspecified atom stereocenters. The maximum atomic E-state index is 14.3. The number of rotatable bonds is 8. The number of piperidine rings is 1. The Morgan fingerprint density at radius 2 is 1.95 bits per heavy atom. The van der Waals surface area contributed by atoms with E-state index in [2.05, 4.69) is 53.5 Å². The molecule has 0 saturated carbocycles. The predicted molar refractivity (Wildman–Crippen MR) is 145 cm³/mol. The van der Waals surface area contributed by atoms with Gasteiger partial charge in [-0.05, 0) is 61.1 Å². The minimum Gasteiger partial charge on any atom is -0.504 e. The number of methoxy groups -OCH3 is 2. The molecule has 0 aromatic heterocycles. The van der Waals surface area contributed by atoms with Gasteiger partial charge in [0.2, 0.25) is 0 Å². The first kappa shape index (κ1) is 25.5. The number of anilines is 1. The SMILES string of the molecule is CC[C@@H]1CN2CC[C@]3(Nc4cccc(CCCc5ccccc5)c4C3=O)[C@@H]2C[C@@H]1/C(=C\OC)C(=O)OC. The van der Waals surface area contributed by atoms with Gasteiger partial charge in [-0.2, -0.15) is 0 Å². The van der Waals surface area contributed by atoms with Gasteiger partial charge in [-0.3, -0.25) is 9.69 Å². The van der Waals surface area contributed by atoms with Gasteiger partial charge in [0.15, 0.2) is 5.78 Å². The monoisotopic (exact) mass is 502 g/mol. The molecule has 3 aliphatic heterocycles. The lowest BCUT2D eigenvalue weighted by Gasteiger charge is -2.45. The zero-order valence-corrected chi connectivity index (χ0v) is 22.2. The van der Waals surface area contributed by atoms with E-state index in [-0.39, 0.29) is 23.7 Å². The minimum atomic E-state index is -0.650. The molecule has 2 aromatic carbocycles. The van der Waals surface area contributed by atoms with Crippen molar-refractivity contribution in [3.8, 4) is 0 Å². The number of esters is 1. The van der Waals surface area contributed by atoms with E-state index in [9.17, 15) is 9.59 Å². The molecule has 5 rings (SSSR count). The number of ether oxygens (including phenoxy) is 2. The van der Waals surface area contributed by atoms with Crippen molar-refractivity contribution in [1.29, 1.82) is 0 Å². The number of nitrogens with one attached hydrogen (secondary N) is 1. The smallest absolute Gasteiger partial charge is 0.337 e. The third kappa shape index (κ3) is 4.56. The summed E-state index contributed by atoms with van der Waals surface area (Å²) in [6.45, 7) is 3.91. The number of benzene rings is 2. The van der Waals surface area contributed by atoms with Gasteiger partial charge in [0.05, 0.1) is 26.1 Å². The molecule has 0 bridgehead atoms. The highest BCUT2D eigenvalue weighted by molar-refractivity contribution is 6.15. The van der Waals surface area contributed by atoms with Gasteiger partial charge < -0.3 is 14.8 Å². The van der Waals surface area contributed by atoms with E-state index in [1.165, 1.54) is 12.7 Å². The molecule has 2 aromatic rings. The molecule has 2 fully saturated rings. The normalized spacial score (nSPS) is 27.1. The molecule has 0 aliphatic carbocycles. The van der Waals surface area contributed by atoms with Gasteiger partial charge >= 0.3 is 5.97 Å². The van der Waals surface area contributed by atoms with Gasteiger partial charge in [0.1, 0.15) is 5.54 Å². The van der Waals surface area contributed by atoms with E-state index in [4.69, 9.17) is 9.47 Å². The molecule has 6 heteroatoms. The Kier molecular flexibility index (Phi) is 7.38. The van der Waals surface area contributed by atoms with Crippen molar-refractivity contribution in [2.75, 3.05) is 32.6 Å². The van der Waals surface area contributed by atoms with Crippen LogP contribution >= 0.6 is 0 Å². The minimum absolute atomic E-state index is 0.0160. The average Bonchev–Trinajstić information content (AvgIpc) is 3.43. The fourth-order valence-corrected chi connectivity index (χ4v) is 6.95. The molecule has 0 radical (unpaired) electrons. The Balaban J connectivity index is 1.40. The zero-order chi connectivity index (χ0) is 26.0. The third-order valence-electron chi connectivity index (χ3n) is 8.80. The van der Waals surface area contributed by atoms with Crippen molar-refractivity contribution in [1.82, 2.24) is 4.90 Å².